The fraction of sp³-hybridized carbons (Fsp3) is 0.294. The van der Waals surface area contributed by atoms with Gasteiger partial charge in [-0.1, -0.05) is 12.1 Å². The zero-order valence-electron chi connectivity index (χ0n) is 14.0. The number of thiophene rings is 1. The number of aliphatic hydroxyl groups is 2. The third-order valence-corrected chi connectivity index (χ3v) is 4.92. The number of hydrogen-bond acceptors (Lipinski definition) is 7. The number of methoxy groups -OCH3 is 1. The van der Waals surface area contributed by atoms with Gasteiger partial charge in [-0.2, -0.15) is 0 Å². The highest BCUT2D eigenvalue weighted by molar-refractivity contribution is 7.17. The molecular formula is C17H18N2O6S. The van der Waals surface area contributed by atoms with Crippen LogP contribution in [0, 0.1) is 0 Å². The second kappa shape index (κ2) is 7.83. The maximum absolute atomic E-state index is 12.3. The van der Waals surface area contributed by atoms with Gasteiger partial charge in [0, 0.05) is 10.9 Å². The van der Waals surface area contributed by atoms with Crippen molar-refractivity contribution in [2.75, 3.05) is 20.3 Å². The van der Waals surface area contributed by atoms with Crippen LogP contribution in [0.2, 0.25) is 0 Å². The molecule has 0 bridgehead atoms. The Kier molecular flexibility index (Phi) is 5.52. The van der Waals surface area contributed by atoms with Crippen LogP contribution in [-0.4, -0.2) is 46.2 Å². The molecule has 1 aromatic carbocycles. The number of aromatic amines is 1. The molecule has 0 aliphatic heterocycles. The zero-order valence-corrected chi connectivity index (χ0v) is 14.8. The fourth-order valence-corrected chi connectivity index (χ4v) is 3.52. The van der Waals surface area contributed by atoms with E-state index in [0.29, 0.717) is 21.5 Å². The van der Waals surface area contributed by atoms with E-state index in [2.05, 4.69) is 4.98 Å². The molecule has 0 saturated heterocycles. The third-order valence-electron chi connectivity index (χ3n) is 3.95. The third kappa shape index (κ3) is 3.42. The molecule has 138 valence electrons. The van der Waals surface area contributed by atoms with Crippen LogP contribution in [0.4, 0.5) is 0 Å². The van der Waals surface area contributed by atoms with Gasteiger partial charge in [0.1, 0.15) is 23.3 Å². The van der Waals surface area contributed by atoms with Gasteiger partial charge >= 0.3 is 5.69 Å². The predicted molar refractivity (Wildman–Crippen MR) is 97.7 cm³/mol. The van der Waals surface area contributed by atoms with Gasteiger partial charge in [0.05, 0.1) is 25.8 Å². The van der Waals surface area contributed by atoms with Gasteiger partial charge in [-0.3, -0.25) is 14.3 Å². The average Bonchev–Trinajstić information content (AvgIpc) is 3.10. The molecule has 26 heavy (non-hydrogen) atoms. The number of aliphatic hydroxyl groups excluding tert-OH is 2. The van der Waals surface area contributed by atoms with Crippen LogP contribution in [-0.2, 0) is 11.5 Å². The minimum atomic E-state index is -0.813. The summed E-state index contributed by atoms with van der Waals surface area (Å²) >= 11 is 1.22. The highest BCUT2D eigenvalue weighted by Crippen LogP contribution is 2.32. The molecule has 2 heterocycles. The van der Waals surface area contributed by atoms with Crippen LogP contribution < -0.4 is 16.0 Å². The molecule has 0 unspecified atom stereocenters. The van der Waals surface area contributed by atoms with Crippen molar-refractivity contribution in [2.24, 2.45) is 0 Å². The summed E-state index contributed by atoms with van der Waals surface area (Å²) in [5.41, 5.74) is 0.890. The Labute approximate surface area is 151 Å². The van der Waals surface area contributed by atoms with Crippen LogP contribution in [0.5, 0.6) is 5.75 Å². The average molecular weight is 378 g/mol. The Morgan fingerprint density at radius 3 is 2.50 bits per heavy atom. The van der Waals surface area contributed by atoms with Crippen LogP contribution >= 0.6 is 11.3 Å². The van der Waals surface area contributed by atoms with Crippen molar-refractivity contribution in [3.05, 3.63) is 50.5 Å². The largest absolute Gasteiger partial charge is 0.497 e. The molecule has 3 aromatic rings. The van der Waals surface area contributed by atoms with E-state index in [1.54, 1.807) is 24.6 Å². The van der Waals surface area contributed by atoms with Crippen molar-refractivity contribution in [3.8, 4) is 16.9 Å². The number of fused-ring (bicyclic) bond motifs is 1. The number of hydrogen-bond donors (Lipinski definition) is 3. The number of H-pyrrole nitrogens is 1. The second-order valence-electron chi connectivity index (χ2n) is 5.53. The Morgan fingerprint density at radius 1 is 1.19 bits per heavy atom. The van der Waals surface area contributed by atoms with E-state index in [-0.39, 0.29) is 19.9 Å². The molecule has 0 aliphatic carbocycles. The number of ether oxygens (including phenoxy) is 2. The summed E-state index contributed by atoms with van der Waals surface area (Å²) in [7, 11) is 1.57. The van der Waals surface area contributed by atoms with Gasteiger partial charge in [-0.05, 0) is 17.7 Å². The normalized spacial score (nSPS) is 11.4. The molecule has 0 atom stereocenters. The van der Waals surface area contributed by atoms with E-state index in [9.17, 15) is 9.59 Å². The maximum atomic E-state index is 12.3. The fourth-order valence-electron chi connectivity index (χ4n) is 2.55. The Bertz CT molecular complexity index is 1000. The van der Waals surface area contributed by atoms with Gasteiger partial charge in [-0.15, -0.1) is 11.3 Å². The van der Waals surface area contributed by atoms with Gasteiger partial charge in [0.2, 0.25) is 0 Å². The van der Waals surface area contributed by atoms with Crippen LogP contribution in [0.15, 0.2) is 39.2 Å². The van der Waals surface area contributed by atoms with E-state index in [1.807, 2.05) is 12.1 Å². The van der Waals surface area contributed by atoms with Crippen molar-refractivity contribution in [1.82, 2.24) is 9.55 Å². The smallest absolute Gasteiger partial charge is 0.330 e. The Balaban J connectivity index is 2.12. The van der Waals surface area contributed by atoms with Crippen LogP contribution in [0.25, 0.3) is 21.3 Å². The molecule has 0 fully saturated rings. The highest BCUT2D eigenvalue weighted by Gasteiger charge is 2.17. The number of nitrogens with zero attached hydrogens (tertiary/aromatic N) is 1. The Morgan fingerprint density at radius 2 is 1.88 bits per heavy atom. The lowest BCUT2D eigenvalue weighted by molar-refractivity contribution is -0.0498. The lowest BCUT2D eigenvalue weighted by Crippen LogP contribution is -2.33. The van der Waals surface area contributed by atoms with E-state index >= 15 is 0 Å². The first-order chi connectivity index (χ1) is 12.6. The summed E-state index contributed by atoms with van der Waals surface area (Å²) in [5, 5.41) is 20.1. The van der Waals surface area contributed by atoms with Crippen LogP contribution in [0.3, 0.4) is 0 Å². The topological polar surface area (TPSA) is 114 Å². The summed E-state index contributed by atoms with van der Waals surface area (Å²) < 4.78 is 12.2. The molecule has 9 heteroatoms. The summed E-state index contributed by atoms with van der Waals surface area (Å²) in [5.74, 6) is 0.695. The highest BCUT2D eigenvalue weighted by atomic mass is 32.1. The van der Waals surface area contributed by atoms with Gasteiger partial charge < -0.3 is 19.7 Å². The lowest BCUT2D eigenvalue weighted by atomic mass is 10.1. The van der Waals surface area contributed by atoms with E-state index in [4.69, 9.17) is 19.7 Å². The first kappa shape index (κ1) is 18.3. The number of aromatic nitrogens is 2. The van der Waals surface area contributed by atoms with Gasteiger partial charge in [-0.25, -0.2) is 4.79 Å². The molecule has 3 rings (SSSR count). The zero-order chi connectivity index (χ0) is 18.7. The molecule has 2 aromatic heterocycles. The summed E-state index contributed by atoms with van der Waals surface area (Å²) in [6, 6.07) is 7.25. The van der Waals surface area contributed by atoms with E-state index in [1.165, 1.54) is 15.9 Å². The van der Waals surface area contributed by atoms with Gasteiger partial charge in [0.15, 0.2) is 0 Å². The predicted octanol–water partition coefficient (Wildman–Crippen LogP) is 0.754. The molecule has 3 N–H and O–H groups in total. The molecule has 0 saturated carbocycles. The SMILES string of the molecule is COc1ccc(-c2csc3c(=O)[nH]c(=O)n(COC(CO)CO)c23)cc1. The number of rotatable bonds is 7. The molecule has 0 radical (unpaired) electrons. The minimum Gasteiger partial charge on any atom is -0.497 e. The first-order valence-corrected chi connectivity index (χ1v) is 8.69. The molecule has 8 nitrogen and oxygen atoms in total. The minimum absolute atomic E-state index is 0.211. The van der Waals surface area contributed by atoms with Crippen molar-refractivity contribution >= 4 is 21.6 Å². The van der Waals surface area contributed by atoms with Crippen molar-refractivity contribution < 1.29 is 19.7 Å². The Hall–Kier alpha value is -2.46. The van der Waals surface area contributed by atoms with Gasteiger partial charge in [0.25, 0.3) is 5.56 Å². The summed E-state index contributed by atoms with van der Waals surface area (Å²) in [6.07, 6.45) is -0.813. The number of benzene rings is 1. The van der Waals surface area contributed by atoms with Crippen molar-refractivity contribution in [2.45, 2.75) is 12.8 Å². The number of nitrogens with one attached hydrogen (secondary N) is 1. The van der Waals surface area contributed by atoms with E-state index < -0.39 is 17.4 Å². The molecule has 0 spiro atoms. The standard InChI is InChI=1S/C17H18N2O6S/c1-24-11-4-2-10(3-5-11)13-8-26-15-14(13)19(17(23)18-16(15)22)9-25-12(6-20)7-21/h2-5,8,12,20-21H,6-7,9H2,1H3,(H,18,22,23). The lowest BCUT2D eigenvalue weighted by Gasteiger charge is -2.15. The maximum Gasteiger partial charge on any atom is 0.330 e. The molecule has 0 amide bonds. The molecule has 0 aliphatic rings. The summed E-state index contributed by atoms with van der Waals surface area (Å²) in [4.78, 5) is 26.7. The van der Waals surface area contributed by atoms with Crippen molar-refractivity contribution in [1.29, 1.82) is 0 Å². The van der Waals surface area contributed by atoms with Crippen LogP contribution in [0.1, 0.15) is 0 Å². The summed E-state index contributed by atoms with van der Waals surface area (Å²) in [6.45, 7) is -0.975. The second-order valence-corrected chi connectivity index (χ2v) is 6.41. The molecular weight excluding hydrogens is 360 g/mol. The van der Waals surface area contributed by atoms with Crippen molar-refractivity contribution in [3.63, 3.8) is 0 Å². The van der Waals surface area contributed by atoms with E-state index in [0.717, 1.165) is 5.56 Å². The first-order valence-electron chi connectivity index (χ1n) is 7.81. The quantitative estimate of drug-likeness (QED) is 0.559. The monoisotopic (exact) mass is 378 g/mol.